The highest BCUT2D eigenvalue weighted by Crippen LogP contribution is 2.17. The summed E-state index contributed by atoms with van der Waals surface area (Å²) in [6.07, 6.45) is 0.147. The van der Waals surface area contributed by atoms with Gasteiger partial charge in [-0.05, 0) is 12.1 Å². The molecule has 1 saturated heterocycles. The van der Waals surface area contributed by atoms with Crippen LogP contribution < -0.4 is 5.32 Å². The van der Waals surface area contributed by atoms with Gasteiger partial charge in [0.25, 0.3) is 0 Å². The Morgan fingerprint density at radius 1 is 1.09 bits per heavy atom. The Bertz CT molecular complexity index is 537. The lowest BCUT2D eigenvalue weighted by atomic mass is 10.2. The Hall–Kier alpha value is -2.18. The van der Waals surface area contributed by atoms with Gasteiger partial charge in [0.15, 0.2) is 0 Å². The summed E-state index contributed by atoms with van der Waals surface area (Å²) in [5.74, 6) is -1.44. The second-order valence-electron chi connectivity index (χ2n) is 5.16. The van der Waals surface area contributed by atoms with Gasteiger partial charge in [-0.15, -0.1) is 0 Å². The van der Waals surface area contributed by atoms with Crippen molar-refractivity contribution in [1.29, 1.82) is 0 Å². The Morgan fingerprint density at radius 3 is 2.18 bits per heavy atom. The number of amides is 2. The first-order chi connectivity index (χ1) is 10.5. The minimum Gasteiger partial charge on any atom is -0.380 e. The molecule has 1 fully saturated rings. The average molecular weight is 311 g/mol. The predicted molar refractivity (Wildman–Crippen MR) is 78.3 cm³/mol. The normalized spacial score (nSPS) is 14.9. The molecule has 1 aromatic carbocycles. The molecule has 5 nitrogen and oxygen atoms in total. The SMILES string of the molecule is CC(=O)N1CCN(C(=O)CCNc2c(F)cccc2F)CC1. The number of anilines is 1. The van der Waals surface area contributed by atoms with Crippen LogP contribution in [-0.2, 0) is 9.59 Å². The number of para-hydroxylation sites is 1. The van der Waals surface area contributed by atoms with Crippen LogP contribution in [0.1, 0.15) is 13.3 Å². The van der Waals surface area contributed by atoms with Crippen LogP contribution in [0.2, 0.25) is 0 Å². The fraction of sp³-hybridized carbons (Fsp3) is 0.467. The van der Waals surface area contributed by atoms with Crippen molar-refractivity contribution in [3.8, 4) is 0 Å². The molecular formula is C15H19F2N3O2. The van der Waals surface area contributed by atoms with Crippen LogP contribution in [0, 0.1) is 11.6 Å². The van der Waals surface area contributed by atoms with Crippen LogP contribution in [0.15, 0.2) is 18.2 Å². The van der Waals surface area contributed by atoms with Gasteiger partial charge in [0.2, 0.25) is 11.8 Å². The van der Waals surface area contributed by atoms with Crippen molar-refractivity contribution in [3.05, 3.63) is 29.8 Å². The third-order valence-corrected chi connectivity index (χ3v) is 3.68. The van der Waals surface area contributed by atoms with E-state index in [9.17, 15) is 18.4 Å². The zero-order valence-electron chi connectivity index (χ0n) is 12.4. The van der Waals surface area contributed by atoms with Gasteiger partial charge in [0.05, 0.1) is 0 Å². The summed E-state index contributed by atoms with van der Waals surface area (Å²) < 4.78 is 26.8. The first kappa shape index (κ1) is 16.2. The van der Waals surface area contributed by atoms with Crippen molar-refractivity contribution in [1.82, 2.24) is 9.80 Å². The number of benzene rings is 1. The van der Waals surface area contributed by atoms with Crippen molar-refractivity contribution < 1.29 is 18.4 Å². The molecule has 2 rings (SSSR count). The van der Waals surface area contributed by atoms with E-state index < -0.39 is 11.6 Å². The number of hydrogen-bond acceptors (Lipinski definition) is 3. The highest BCUT2D eigenvalue weighted by molar-refractivity contribution is 5.78. The van der Waals surface area contributed by atoms with E-state index >= 15 is 0 Å². The van der Waals surface area contributed by atoms with Gasteiger partial charge in [-0.3, -0.25) is 9.59 Å². The minimum absolute atomic E-state index is 0.00351. The van der Waals surface area contributed by atoms with Crippen LogP contribution in [-0.4, -0.2) is 54.3 Å². The van der Waals surface area contributed by atoms with Gasteiger partial charge in [-0.1, -0.05) is 6.07 Å². The van der Waals surface area contributed by atoms with E-state index in [0.717, 1.165) is 12.1 Å². The van der Waals surface area contributed by atoms with Crippen molar-refractivity contribution in [3.63, 3.8) is 0 Å². The highest BCUT2D eigenvalue weighted by Gasteiger charge is 2.22. The maximum Gasteiger partial charge on any atom is 0.224 e. The lowest BCUT2D eigenvalue weighted by Crippen LogP contribution is -2.50. The van der Waals surface area contributed by atoms with Gasteiger partial charge in [-0.25, -0.2) is 8.78 Å². The van der Waals surface area contributed by atoms with E-state index in [-0.39, 0.29) is 30.5 Å². The third-order valence-electron chi connectivity index (χ3n) is 3.68. The van der Waals surface area contributed by atoms with Gasteiger partial charge in [-0.2, -0.15) is 0 Å². The minimum atomic E-state index is -0.678. The third kappa shape index (κ3) is 3.93. The lowest BCUT2D eigenvalue weighted by Gasteiger charge is -2.34. The topological polar surface area (TPSA) is 52.7 Å². The summed E-state index contributed by atoms with van der Waals surface area (Å²) in [5.41, 5.74) is -0.211. The Labute approximate surface area is 127 Å². The largest absolute Gasteiger partial charge is 0.380 e. The number of nitrogens with one attached hydrogen (secondary N) is 1. The van der Waals surface area contributed by atoms with Crippen LogP contribution in [0.5, 0.6) is 0 Å². The van der Waals surface area contributed by atoms with Gasteiger partial charge in [0.1, 0.15) is 17.3 Å². The summed E-state index contributed by atoms with van der Waals surface area (Å²) in [5, 5.41) is 2.62. The number of carbonyl (C=O) groups is 2. The summed E-state index contributed by atoms with van der Waals surface area (Å²) in [6.45, 7) is 3.69. The van der Waals surface area contributed by atoms with Crippen LogP contribution in [0.3, 0.4) is 0 Å². The molecule has 120 valence electrons. The highest BCUT2D eigenvalue weighted by atomic mass is 19.1. The average Bonchev–Trinajstić information content (AvgIpc) is 2.50. The molecule has 1 aromatic rings. The molecular weight excluding hydrogens is 292 g/mol. The van der Waals surface area contributed by atoms with Gasteiger partial charge in [0, 0.05) is 46.1 Å². The molecule has 22 heavy (non-hydrogen) atoms. The lowest BCUT2D eigenvalue weighted by molar-refractivity contribution is -0.138. The van der Waals surface area contributed by atoms with E-state index in [1.54, 1.807) is 9.80 Å². The predicted octanol–water partition coefficient (Wildman–Crippen LogP) is 1.46. The molecule has 0 spiro atoms. The molecule has 1 heterocycles. The summed E-state index contributed by atoms with van der Waals surface area (Å²) in [7, 11) is 0. The number of nitrogens with zero attached hydrogens (tertiary/aromatic N) is 2. The van der Waals surface area contributed by atoms with Gasteiger partial charge < -0.3 is 15.1 Å². The smallest absolute Gasteiger partial charge is 0.224 e. The molecule has 0 atom stereocenters. The Kier molecular flexibility index (Phi) is 5.30. The van der Waals surface area contributed by atoms with E-state index in [1.165, 1.54) is 13.0 Å². The molecule has 0 radical (unpaired) electrons. The first-order valence-corrected chi connectivity index (χ1v) is 7.20. The molecule has 0 aliphatic carbocycles. The van der Waals surface area contributed by atoms with E-state index in [4.69, 9.17) is 0 Å². The van der Waals surface area contributed by atoms with Crippen molar-refractivity contribution in [2.45, 2.75) is 13.3 Å². The molecule has 1 N–H and O–H groups in total. The number of halogens is 2. The molecule has 0 bridgehead atoms. The molecule has 0 aromatic heterocycles. The van der Waals surface area contributed by atoms with E-state index in [2.05, 4.69) is 5.32 Å². The summed E-state index contributed by atoms with van der Waals surface area (Å²) >= 11 is 0. The number of hydrogen-bond donors (Lipinski definition) is 1. The number of rotatable bonds is 4. The first-order valence-electron chi connectivity index (χ1n) is 7.20. The standard InChI is InChI=1S/C15H19F2N3O2/c1-11(21)19-7-9-20(10-8-19)14(22)5-6-18-15-12(16)3-2-4-13(15)17/h2-4,18H,5-10H2,1H3. The maximum atomic E-state index is 13.4. The number of carbonyl (C=O) groups excluding carboxylic acids is 2. The second-order valence-corrected chi connectivity index (χ2v) is 5.16. The van der Waals surface area contributed by atoms with Crippen molar-refractivity contribution >= 4 is 17.5 Å². The van der Waals surface area contributed by atoms with Gasteiger partial charge >= 0.3 is 0 Å². The molecule has 0 saturated carbocycles. The fourth-order valence-corrected chi connectivity index (χ4v) is 2.39. The quantitative estimate of drug-likeness (QED) is 0.916. The molecule has 7 heteroatoms. The van der Waals surface area contributed by atoms with Crippen LogP contribution >= 0.6 is 0 Å². The zero-order valence-corrected chi connectivity index (χ0v) is 12.4. The van der Waals surface area contributed by atoms with E-state index in [1.807, 2.05) is 0 Å². The monoisotopic (exact) mass is 311 g/mol. The zero-order chi connectivity index (χ0) is 16.1. The Morgan fingerprint density at radius 2 is 1.64 bits per heavy atom. The van der Waals surface area contributed by atoms with Crippen molar-refractivity contribution in [2.75, 3.05) is 38.0 Å². The van der Waals surface area contributed by atoms with Crippen LogP contribution in [0.25, 0.3) is 0 Å². The number of piperazine rings is 1. The summed E-state index contributed by atoms with van der Waals surface area (Å²) in [4.78, 5) is 26.6. The molecule has 1 aliphatic rings. The van der Waals surface area contributed by atoms with Crippen LogP contribution in [0.4, 0.5) is 14.5 Å². The second kappa shape index (κ2) is 7.20. The summed E-state index contributed by atoms with van der Waals surface area (Å²) in [6, 6.07) is 3.61. The molecule has 0 unspecified atom stereocenters. The molecule has 2 amide bonds. The fourth-order valence-electron chi connectivity index (χ4n) is 2.39. The maximum absolute atomic E-state index is 13.4. The Balaban J connectivity index is 1.78. The van der Waals surface area contributed by atoms with E-state index in [0.29, 0.717) is 26.2 Å². The van der Waals surface area contributed by atoms with Crippen molar-refractivity contribution in [2.24, 2.45) is 0 Å². The molecule has 1 aliphatic heterocycles.